The Bertz CT molecular complexity index is 595. The standard InChI is InChI=1S/C10H5FN2O/c11-7-1-2-9-6(3-7)4-8(5-12)13-10(9)14/h1-4H,(H,13,14). The fourth-order valence-corrected chi connectivity index (χ4v) is 1.30. The molecule has 1 heterocycles. The number of hydrogen-bond donors (Lipinski definition) is 1. The van der Waals surface area contributed by atoms with Crippen molar-refractivity contribution < 1.29 is 4.39 Å². The smallest absolute Gasteiger partial charge is 0.256 e. The summed E-state index contributed by atoms with van der Waals surface area (Å²) in [5.41, 5.74) is -0.243. The SMILES string of the molecule is N#Cc1cc2cc(F)ccc2c(=O)[nH]1. The molecule has 0 saturated carbocycles. The van der Waals surface area contributed by atoms with Gasteiger partial charge in [-0.1, -0.05) is 0 Å². The number of nitriles is 1. The van der Waals surface area contributed by atoms with Crippen LogP contribution in [0.1, 0.15) is 5.69 Å². The van der Waals surface area contributed by atoms with E-state index in [9.17, 15) is 9.18 Å². The van der Waals surface area contributed by atoms with Crippen molar-refractivity contribution >= 4 is 10.8 Å². The minimum atomic E-state index is -0.424. The van der Waals surface area contributed by atoms with E-state index in [-0.39, 0.29) is 11.3 Å². The van der Waals surface area contributed by atoms with Crippen LogP contribution in [-0.2, 0) is 0 Å². The Morgan fingerprint density at radius 2 is 2.14 bits per heavy atom. The highest BCUT2D eigenvalue weighted by atomic mass is 19.1. The highest BCUT2D eigenvalue weighted by Crippen LogP contribution is 2.11. The fourth-order valence-electron chi connectivity index (χ4n) is 1.30. The maximum atomic E-state index is 12.8. The predicted molar refractivity (Wildman–Crippen MR) is 49.2 cm³/mol. The van der Waals surface area contributed by atoms with Gasteiger partial charge in [-0.3, -0.25) is 4.79 Å². The van der Waals surface area contributed by atoms with Gasteiger partial charge >= 0.3 is 0 Å². The number of aromatic amines is 1. The number of nitrogens with zero attached hydrogens (tertiary/aromatic N) is 1. The van der Waals surface area contributed by atoms with Crippen LogP contribution < -0.4 is 5.56 Å². The molecule has 14 heavy (non-hydrogen) atoms. The van der Waals surface area contributed by atoms with Gasteiger partial charge < -0.3 is 4.98 Å². The Kier molecular flexibility index (Phi) is 1.79. The van der Waals surface area contributed by atoms with Crippen LogP contribution in [0, 0.1) is 17.1 Å². The van der Waals surface area contributed by atoms with Gasteiger partial charge in [0.25, 0.3) is 5.56 Å². The molecule has 2 rings (SSSR count). The van der Waals surface area contributed by atoms with Crippen LogP contribution in [-0.4, -0.2) is 4.98 Å². The van der Waals surface area contributed by atoms with E-state index in [4.69, 9.17) is 5.26 Å². The Hall–Kier alpha value is -2.15. The first-order valence-corrected chi connectivity index (χ1v) is 3.93. The summed E-state index contributed by atoms with van der Waals surface area (Å²) >= 11 is 0. The van der Waals surface area contributed by atoms with Crippen molar-refractivity contribution in [2.24, 2.45) is 0 Å². The minimum absolute atomic E-state index is 0.133. The second kappa shape index (κ2) is 2.96. The molecule has 0 aliphatic carbocycles. The molecule has 0 radical (unpaired) electrons. The first-order valence-electron chi connectivity index (χ1n) is 3.93. The molecule has 2 aromatic rings. The van der Waals surface area contributed by atoms with E-state index in [0.717, 1.165) is 0 Å². The number of fused-ring (bicyclic) bond motifs is 1. The monoisotopic (exact) mass is 188 g/mol. The van der Waals surface area contributed by atoms with Crippen molar-refractivity contribution in [3.8, 4) is 6.07 Å². The number of rotatable bonds is 0. The first kappa shape index (κ1) is 8.45. The Morgan fingerprint density at radius 3 is 2.86 bits per heavy atom. The summed E-state index contributed by atoms with van der Waals surface area (Å²) in [5.74, 6) is -0.424. The van der Waals surface area contributed by atoms with Crippen LogP contribution in [0.15, 0.2) is 29.1 Å². The third kappa shape index (κ3) is 1.25. The van der Waals surface area contributed by atoms with Crippen LogP contribution >= 0.6 is 0 Å². The molecule has 0 saturated heterocycles. The number of halogens is 1. The van der Waals surface area contributed by atoms with Gasteiger partial charge in [0.1, 0.15) is 17.6 Å². The first-order chi connectivity index (χ1) is 6.70. The zero-order valence-corrected chi connectivity index (χ0v) is 7.04. The molecular formula is C10H5FN2O. The van der Waals surface area contributed by atoms with Crippen LogP contribution in [0.4, 0.5) is 4.39 Å². The van der Waals surface area contributed by atoms with Gasteiger partial charge in [0.15, 0.2) is 0 Å². The molecule has 0 spiro atoms. The lowest BCUT2D eigenvalue weighted by Crippen LogP contribution is -2.07. The van der Waals surface area contributed by atoms with Gasteiger partial charge in [0, 0.05) is 5.39 Å². The topological polar surface area (TPSA) is 56.6 Å². The lowest BCUT2D eigenvalue weighted by molar-refractivity contribution is 0.629. The maximum absolute atomic E-state index is 12.8. The van der Waals surface area contributed by atoms with Crippen LogP contribution in [0.5, 0.6) is 0 Å². The Labute approximate surface area is 78.4 Å². The highest BCUT2D eigenvalue weighted by Gasteiger charge is 2.02. The maximum Gasteiger partial charge on any atom is 0.256 e. The van der Waals surface area contributed by atoms with Crippen molar-refractivity contribution in [2.75, 3.05) is 0 Å². The summed E-state index contributed by atoms with van der Waals surface area (Å²) in [6.07, 6.45) is 0. The summed E-state index contributed by atoms with van der Waals surface area (Å²) in [6, 6.07) is 7.08. The van der Waals surface area contributed by atoms with E-state index in [0.29, 0.717) is 10.8 Å². The molecule has 0 amide bonds. The van der Waals surface area contributed by atoms with Crippen LogP contribution in [0.2, 0.25) is 0 Å². The molecule has 1 N–H and O–H groups in total. The van der Waals surface area contributed by atoms with Gasteiger partial charge in [-0.15, -0.1) is 0 Å². The number of aromatic nitrogens is 1. The van der Waals surface area contributed by atoms with E-state index in [1.807, 2.05) is 0 Å². The third-order valence-electron chi connectivity index (χ3n) is 1.93. The molecule has 3 nitrogen and oxygen atoms in total. The van der Waals surface area contributed by atoms with E-state index in [1.54, 1.807) is 6.07 Å². The van der Waals surface area contributed by atoms with Gasteiger partial charge in [0.05, 0.1) is 0 Å². The summed E-state index contributed by atoms with van der Waals surface area (Å²) in [6.45, 7) is 0. The average molecular weight is 188 g/mol. The van der Waals surface area contributed by atoms with Gasteiger partial charge in [-0.2, -0.15) is 5.26 Å². The average Bonchev–Trinajstić information content (AvgIpc) is 2.16. The summed E-state index contributed by atoms with van der Waals surface area (Å²) in [7, 11) is 0. The normalized spacial score (nSPS) is 10.0. The second-order valence-corrected chi connectivity index (χ2v) is 2.86. The summed E-state index contributed by atoms with van der Waals surface area (Å²) < 4.78 is 12.8. The van der Waals surface area contributed by atoms with Gasteiger partial charge in [-0.25, -0.2) is 4.39 Å². The zero-order valence-electron chi connectivity index (χ0n) is 7.04. The molecule has 4 heteroatoms. The minimum Gasteiger partial charge on any atom is -0.313 e. The molecule has 0 bridgehead atoms. The largest absolute Gasteiger partial charge is 0.313 e. The quantitative estimate of drug-likeness (QED) is 0.681. The molecule has 1 aromatic heterocycles. The third-order valence-corrected chi connectivity index (χ3v) is 1.93. The van der Waals surface area contributed by atoms with Crippen molar-refractivity contribution in [1.82, 2.24) is 4.98 Å². The van der Waals surface area contributed by atoms with E-state index in [2.05, 4.69) is 4.98 Å². The van der Waals surface area contributed by atoms with E-state index in [1.165, 1.54) is 24.3 Å². The second-order valence-electron chi connectivity index (χ2n) is 2.86. The number of pyridine rings is 1. The van der Waals surface area contributed by atoms with E-state index < -0.39 is 5.82 Å². The zero-order chi connectivity index (χ0) is 10.1. The molecule has 0 unspecified atom stereocenters. The van der Waals surface area contributed by atoms with Crippen molar-refractivity contribution in [1.29, 1.82) is 5.26 Å². The lowest BCUT2D eigenvalue weighted by atomic mass is 10.1. The Morgan fingerprint density at radius 1 is 1.36 bits per heavy atom. The Balaban J connectivity index is 2.92. The van der Waals surface area contributed by atoms with Crippen LogP contribution in [0.3, 0.4) is 0 Å². The number of hydrogen-bond acceptors (Lipinski definition) is 2. The summed E-state index contributed by atoms with van der Waals surface area (Å²) in [4.78, 5) is 13.7. The molecule has 0 fully saturated rings. The van der Waals surface area contributed by atoms with Crippen molar-refractivity contribution in [3.05, 3.63) is 46.1 Å². The summed E-state index contributed by atoms with van der Waals surface area (Å²) in [5, 5.41) is 9.39. The van der Waals surface area contributed by atoms with E-state index >= 15 is 0 Å². The number of H-pyrrole nitrogens is 1. The van der Waals surface area contributed by atoms with Gasteiger partial charge in [-0.05, 0) is 29.7 Å². The van der Waals surface area contributed by atoms with Gasteiger partial charge in [0.2, 0.25) is 0 Å². The molecular weight excluding hydrogens is 183 g/mol. The lowest BCUT2D eigenvalue weighted by Gasteiger charge is -1.97. The molecule has 0 aliphatic heterocycles. The van der Waals surface area contributed by atoms with Crippen molar-refractivity contribution in [3.63, 3.8) is 0 Å². The predicted octanol–water partition coefficient (Wildman–Crippen LogP) is 1.54. The molecule has 0 atom stereocenters. The highest BCUT2D eigenvalue weighted by molar-refractivity contribution is 5.82. The van der Waals surface area contributed by atoms with Crippen LogP contribution in [0.25, 0.3) is 10.8 Å². The molecule has 1 aromatic carbocycles. The molecule has 0 aliphatic rings. The number of nitrogens with one attached hydrogen (secondary N) is 1. The number of benzene rings is 1. The molecule has 68 valence electrons. The fraction of sp³-hybridized carbons (Fsp3) is 0. The van der Waals surface area contributed by atoms with Crippen molar-refractivity contribution in [2.45, 2.75) is 0 Å².